The zero-order chi connectivity index (χ0) is 24.1. The Morgan fingerprint density at radius 2 is 1.85 bits per heavy atom. The summed E-state index contributed by atoms with van der Waals surface area (Å²) in [5.41, 5.74) is 0. The van der Waals surface area contributed by atoms with Gasteiger partial charge in [-0.25, -0.2) is 8.42 Å². The van der Waals surface area contributed by atoms with Crippen LogP contribution in [0.5, 0.6) is 0 Å². The van der Waals surface area contributed by atoms with Crippen LogP contribution >= 0.6 is 22.7 Å². The molecule has 2 aromatic heterocycles. The molecule has 0 radical (unpaired) electrons. The summed E-state index contributed by atoms with van der Waals surface area (Å²) in [4.78, 5) is 26.0. The molecule has 1 aromatic carbocycles. The Labute approximate surface area is 206 Å². The number of sulfonamides is 1. The van der Waals surface area contributed by atoms with E-state index in [0.717, 1.165) is 34.8 Å². The van der Waals surface area contributed by atoms with E-state index < -0.39 is 27.9 Å². The fraction of sp³-hybridized carbons (Fsp3) is 0.391. The van der Waals surface area contributed by atoms with Crippen LogP contribution in [0.25, 0.3) is 9.40 Å². The summed E-state index contributed by atoms with van der Waals surface area (Å²) in [6.45, 7) is 1.82. The summed E-state index contributed by atoms with van der Waals surface area (Å²) in [7, 11) is -4.03. The number of rotatable bonds is 10. The molecule has 34 heavy (non-hydrogen) atoms. The van der Waals surface area contributed by atoms with Gasteiger partial charge < -0.3 is 15.7 Å². The molecule has 0 bridgehead atoms. The number of hydrogen-bond donors (Lipinski definition) is 4. The van der Waals surface area contributed by atoms with Crippen LogP contribution in [0.3, 0.4) is 0 Å². The van der Waals surface area contributed by atoms with E-state index in [1.807, 2.05) is 6.07 Å². The number of nitrogens with one attached hydrogen (secondary N) is 3. The third-order valence-electron chi connectivity index (χ3n) is 5.86. The number of aliphatic carboxylic acids is 1. The van der Waals surface area contributed by atoms with Crippen molar-refractivity contribution in [2.24, 2.45) is 5.92 Å². The van der Waals surface area contributed by atoms with E-state index in [1.165, 1.54) is 47.6 Å². The lowest BCUT2D eigenvalue weighted by molar-refractivity contribution is -0.138. The summed E-state index contributed by atoms with van der Waals surface area (Å²) in [6.07, 6.45) is 4.67. The number of thiophene rings is 2. The molecular formula is C23H27N3O5S3. The number of piperidine rings is 1. The van der Waals surface area contributed by atoms with Crippen molar-refractivity contribution in [1.82, 2.24) is 15.4 Å². The summed E-state index contributed by atoms with van der Waals surface area (Å²) >= 11 is 3.06. The molecule has 182 valence electrons. The summed E-state index contributed by atoms with van der Waals surface area (Å²) < 4.78 is 28.1. The van der Waals surface area contributed by atoms with Gasteiger partial charge in [0.05, 0.1) is 13.8 Å². The second-order valence-electron chi connectivity index (χ2n) is 8.33. The molecule has 3 aromatic rings. The van der Waals surface area contributed by atoms with Crippen LogP contribution in [0.1, 0.15) is 33.8 Å². The highest BCUT2D eigenvalue weighted by atomic mass is 32.2. The van der Waals surface area contributed by atoms with Gasteiger partial charge in [-0.3, -0.25) is 9.59 Å². The van der Waals surface area contributed by atoms with Crippen LogP contribution in [0.2, 0.25) is 0 Å². The van der Waals surface area contributed by atoms with Gasteiger partial charge in [0.15, 0.2) is 0 Å². The Kier molecular flexibility index (Phi) is 7.99. The Morgan fingerprint density at radius 3 is 2.53 bits per heavy atom. The maximum absolute atomic E-state index is 12.6. The monoisotopic (exact) mass is 521 g/mol. The molecule has 8 nitrogen and oxygen atoms in total. The lowest BCUT2D eigenvalue weighted by atomic mass is 9.93. The second kappa shape index (κ2) is 11.0. The SMILES string of the molecule is O=C(NC[C@@H](NS(=O)(=O)c1ccccc1)C(=O)O)c1cc2cc(CCC3CCNCC3)sc2s1. The third-order valence-corrected chi connectivity index (χ3v) is 9.80. The van der Waals surface area contributed by atoms with Gasteiger partial charge in [0.1, 0.15) is 6.04 Å². The number of carbonyl (C=O) groups excluding carboxylic acids is 1. The Hall–Kier alpha value is -2.31. The second-order valence-corrected chi connectivity index (χ2v) is 12.5. The van der Waals surface area contributed by atoms with Crippen molar-refractivity contribution in [3.8, 4) is 0 Å². The van der Waals surface area contributed by atoms with Crippen molar-refractivity contribution in [2.75, 3.05) is 19.6 Å². The molecule has 1 saturated heterocycles. The van der Waals surface area contributed by atoms with E-state index in [9.17, 15) is 23.1 Å². The van der Waals surface area contributed by atoms with Gasteiger partial charge >= 0.3 is 5.97 Å². The molecule has 3 heterocycles. The molecule has 4 rings (SSSR count). The third kappa shape index (κ3) is 6.22. The van der Waals surface area contributed by atoms with E-state index in [-0.39, 0.29) is 11.4 Å². The highest BCUT2D eigenvalue weighted by Crippen LogP contribution is 2.35. The average molecular weight is 522 g/mol. The number of fused-ring (bicyclic) bond motifs is 1. The number of benzene rings is 1. The summed E-state index contributed by atoms with van der Waals surface area (Å²) in [5.74, 6) is -1.02. The molecule has 11 heteroatoms. The van der Waals surface area contributed by atoms with E-state index >= 15 is 0 Å². The number of amides is 1. The van der Waals surface area contributed by atoms with Gasteiger partial charge in [-0.1, -0.05) is 18.2 Å². The highest BCUT2D eigenvalue weighted by Gasteiger charge is 2.26. The predicted octanol–water partition coefficient (Wildman–Crippen LogP) is 3.06. The van der Waals surface area contributed by atoms with Gasteiger partial charge in [-0.2, -0.15) is 4.72 Å². The number of carbonyl (C=O) groups is 2. The first kappa shape index (κ1) is 24.8. The molecule has 0 aliphatic carbocycles. The molecule has 0 unspecified atom stereocenters. The van der Waals surface area contributed by atoms with E-state index in [0.29, 0.717) is 4.88 Å². The van der Waals surface area contributed by atoms with Crippen molar-refractivity contribution in [1.29, 1.82) is 0 Å². The molecule has 1 aliphatic heterocycles. The maximum atomic E-state index is 12.6. The van der Waals surface area contributed by atoms with E-state index in [1.54, 1.807) is 29.5 Å². The summed E-state index contributed by atoms with van der Waals surface area (Å²) in [5, 5.41) is 16.4. The minimum absolute atomic E-state index is 0.0398. The molecule has 1 atom stereocenters. The standard InChI is InChI=1S/C23H27N3O5S3/c27-21(25-14-19(22(28)29)26-34(30,31)18-4-2-1-3-5-18)20-13-16-12-17(32-23(16)33-20)7-6-15-8-10-24-11-9-15/h1-5,12-13,15,19,24,26H,6-11,14H2,(H,25,27)(H,28,29)/t19-/m1/s1. The number of carboxylic acid groups (broad SMARTS) is 1. The molecule has 1 amide bonds. The van der Waals surface area contributed by atoms with Gasteiger partial charge in [0.2, 0.25) is 10.0 Å². The van der Waals surface area contributed by atoms with Crippen molar-refractivity contribution in [2.45, 2.75) is 36.6 Å². The van der Waals surface area contributed by atoms with Crippen LogP contribution in [-0.4, -0.2) is 51.1 Å². The molecule has 4 N–H and O–H groups in total. The lowest BCUT2D eigenvalue weighted by Gasteiger charge is -2.22. The quantitative estimate of drug-likeness (QED) is 0.325. The molecule has 0 saturated carbocycles. The Morgan fingerprint density at radius 1 is 1.12 bits per heavy atom. The van der Waals surface area contributed by atoms with Crippen molar-refractivity contribution < 1.29 is 23.1 Å². The van der Waals surface area contributed by atoms with Crippen LogP contribution in [0, 0.1) is 5.92 Å². The first-order valence-corrected chi connectivity index (χ1v) is 14.2. The smallest absolute Gasteiger partial charge is 0.323 e. The van der Waals surface area contributed by atoms with Crippen molar-refractivity contribution in [3.05, 3.63) is 52.2 Å². The minimum atomic E-state index is -4.03. The fourth-order valence-electron chi connectivity index (χ4n) is 3.96. The van der Waals surface area contributed by atoms with Gasteiger partial charge in [0.25, 0.3) is 5.91 Å². The van der Waals surface area contributed by atoms with Gasteiger partial charge in [-0.15, -0.1) is 22.7 Å². The Balaban J connectivity index is 1.34. The number of aryl methyl sites for hydroxylation is 1. The lowest BCUT2D eigenvalue weighted by Crippen LogP contribution is -2.48. The fourth-order valence-corrected chi connectivity index (χ4v) is 7.59. The van der Waals surface area contributed by atoms with Crippen LogP contribution < -0.4 is 15.4 Å². The van der Waals surface area contributed by atoms with Gasteiger partial charge in [-0.05, 0) is 69.0 Å². The van der Waals surface area contributed by atoms with Crippen LogP contribution in [-0.2, 0) is 21.2 Å². The predicted molar refractivity (Wildman–Crippen MR) is 134 cm³/mol. The van der Waals surface area contributed by atoms with E-state index in [2.05, 4.69) is 21.4 Å². The van der Waals surface area contributed by atoms with Crippen molar-refractivity contribution in [3.63, 3.8) is 0 Å². The van der Waals surface area contributed by atoms with Crippen LogP contribution in [0.4, 0.5) is 0 Å². The minimum Gasteiger partial charge on any atom is -0.480 e. The average Bonchev–Trinajstić information content (AvgIpc) is 3.40. The topological polar surface area (TPSA) is 125 Å². The molecule has 0 spiro atoms. The van der Waals surface area contributed by atoms with Gasteiger partial charge in [0, 0.05) is 16.8 Å². The first-order chi connectivity index (χ1) is 16.3. The highest BCUT2D eigenvalue weighted by molar-refractivity contribution is 7.89. The zero-order valence-corrected chi connectivity index (χ0v) is 20.9. The maximum Gasteiger partial charge on any atom is 0.323 e. The number of carboxylic acids is 1. The zero-order valence-electron chi connectivity index (χ0n) is 18.5. The summed E-state index contributed by atoms with van der Waals surface area (Å²) in [6, 6.07) is 9.96. The number of hydrogen-bond acceptors (Lipinski definition) is 7. The van der Waals surface area contributed by atoms with E-state index in [4.69, 9.17) is 0 Å². The normalized spacial score (nSPS) is 15.9. The Bertz CT molecular complexity index is 1220. The molecule has 1 aliphatic rings. The molecular weight excluding hydrogens is 494 g/mol. The van der Waals surface area contributed by atoms with Crippen LogP contribution in [0.15, 0.2) is 47.4 Å². The molecule has 1 fully saturated rings. The largest absolute Gasteiger partial charge is 0.480 e. The van der Waals surface area contributed by atoms with Crippen molar-refractivity contribution >= 4 is 54.0 Å². The first-order valence-electron chi connectivity index (χ1n) is 11.1.